The fraction of sp³-hybridized carbons (Fsp3) is 0.698. The van der Waals surface area contributed by atoms with Crippen LogP contribution in [0.25, 0.3) is 0 Å². The van der Waals surface area contributed by atoms with Gasteiger partial charge in [0.15, 0.2) is 5.90 Å². The van der Waals surface area contributed by atoms with E-state index < -0.39 is 0 Å². The maximum Gasteiger partial charge on any atom is 0.180 e. The quantitative estimate of drug-likeness (QED) is 0.0337. The first-order chi connectivity index (χ1) is 22.6. The first-order valence-corrected chi connectivity index (χ1v) is 19.4. The van der Waals surface area contributed by atoms with Crippen molar-refractivity contribution in [1.29, 1.82) is 5.41 Å². The van der Waals surface area contributed by atoms with E-state index in [0.717, 1.165) is 70.8 Å². The van der Waals surface area contributed by atoms with Crippen LogP contribution in [0.5, 0.6) is 0 Å². The maximum absolute atomic E-state index is 8.38. The SMILES string of the molecule is CCCCC/C=C\C/C=C\C/C=C\CCCCCC(CCCCC/C=C\C/C=C\C/C=C\CCCCC)OC(=N)CCCN(C)C. The Kier molecular flexibility index (Phi) is 35.6. The Balaban J connectivity index is 4.15. The normalized spacial score (nSPS) is 12.7. The number of unbranched alkanes of at least 4 members (excludes halogenated alkanes) is 12. The van der Waals surface area contributed by atoms with Gasteiger partial charge in [0, 0.05) is 6.42 Å². The van der Waals surface area contributed by atoms with E-state index in [1.54, 1.807) is 0 Å². The molecule has 0 saturated carbocycles. The molecule has 0 fully saturated rings. The number of ether oxygens (including phenoxy) is 1. The van der Waals surface area contributed by atoms with Gasteiger partial charge < -0.3 is 9.64 Å². The molecule has 0 aromatic carbocycles. The van der Waals surface area contributed by atoms with Crippen LogP contribution in [-0.4, -0.2) is 37.5 Å². The Morgan fingerprint density at radius 3 is 1.24 bits per heavy atom. The van der Waals surface area contributed by atoms with Crippen molar-refractivity contribution in [3.05, 3.63) is 72.9 Å². The van der Waals surface area contributed by atoms with Gasteiger partial charge in [0.05, 0.1) is 0 Å². The molecular weight excluding hydrogens is 560 g/mol. The molecule has 0 aliphatic heterocycles. The van der Waals surface area contributed by atoms with Crippen molar-refractivity contribution in [2.45, 2.75) is 174 Å². The fourth-order valence-corrected chi connectivity index (χ4v) is 5.28. The highest BCUT2D eigenvalue weighted by Crippen LogP contribution is 2.17. The summed E-state index contributed by atoms with van der Waals surface area (Å²) in [6.45, 7) is 5.52. The summed E-state index contributed by atoms with van der Waals surface area (Å²) in [5, 5.41) is 8.38. The minimum Gasteiger partial charge on any atom is -0.478 e. The molecule has 0 bridgehead atoms. The summed E-state index contributed by atoms with van der Waals surface area (Å²) in [6, 6.07) is 0. The molecule has 0 atom stereocenters. The van der Waals surface area contributed by atoms with Gasteiger partial charge in [-0.05, 0) is 130 Å². The summed E-state index contributed by atoms with van der Waals surface area (Å²) in [5.41, 5.74) is 0. The number of hydrogen-bond donors (Lipinski definition) is 1. The third-order valence-electron chi connectivity index (χ3n) is 8.15. The van der Waals surface area contributed by atoms with Crippen LogP contribution in [0.3, 0.4) is 0 Å². The summed E-state index contributed by atoms with van der Waals surface area (Å²) in [4.78, 5) is 2.18. The standard InChI is InChI=1S/C43H76N2O/c1-5-7-9-11-13-15-17-19-21-23-25-27-29-31-33-35-38-42(46-43(44)40-37-41-45(3)4)39-36-34-32-30-28-26-24-22-20-18-16-14-12-10-8-6-2/h13-16,19-22,25-28,42,44H,5-12,17-18,23-24,29-41H2,1-4H3/b15-13-,16-14-,21-19-,22-20-,27-25-,28-26-,44-43?. The summed E-state index contributed by atoms with van der Waals surface area (Å²) >= 11 is 0. The second-order valence-corrected chi connectivity index (χ2v) is 13.1. The molecule has 0 aliphatic carbocycles. The molecule has 0 saturated heterocycles. The van der Waals surface area contributed by atoms with Crippen LogP contribution in [0.2, 0.25) is 0 Å². The largest absolute Gasteiger partial charge is 0.478 e. The lowest BCUT2D eigenvalue weighted by molar-refractivity contribution is 0.152. The van der Waals surface area contributed by atoms with Gasteiger partial charge in [-0.1, -0.05) is 125 Å². The van der Waals surface area contributed by atoms with Crippen molar-refractivity contribution in [3.8, 4) is 0 Å². The van der Waals surface area contributed by atoms with E-state index in [1.807, 2.05) is 0 Å². The predicted molar refractivity (Wildman–Crippen MR) is 208 cm³/mol. The average Bonchev–Trinajstić information content (AvgIpc) is 3.04. The molecule has 0 amide bonds. The minimum atomic E-state index is 0.203. The van der Waals surface area contributed by atoms with Crippen molar-refractivity contribution in [2.24, 2.45) is 0 Å². The van der Waals surface area contributed by atoms with Crippen LogP contribution in [0.1, 0.15) is 168 Å². The van der Waals surface area contributed by atoms with Crippen molar-refractivity contribution < 1.29 is 4.74 Å². The molecular formula is C43H76N2O. The maximum atomic E-state index is 8.38. The molecule has 0 radical (unpaired) electrons. The van der Waals surface area contributed by atoms with E-state index in [-0.39, 0.29) is 6.10 Å². The number of allylic oxidation sites excluding steroid dienone is 12. The number of nitrogens with one attached hydrogen (secondary N) is 1. The zero-order valence-electron chi connectivity index (χ0n) is 31.0. The van der Waals surface area contributed by atoms with Crippen LogP contribution in [0.15, 0.2) is 72.9 Å². The van der Waals surface area contributed by atoms with E-state index in [9.17, 15) is 0 Å². The molecule has 0 aliphatic rings. The van der Waals surface area contributed by atoms with Crippen LogP contribution < -0.4 is 0 Å². The molecule has 3 nitrogen and oxygen atoms in total. The van der Waals surface area contributed by atoms with Gasteiger partial charge in [0.2, 0.25) is 0 Å². The van der Waals surface area contributed by atoms with Crippen molar-refractivity contribution in [3.63, 3.8) is 0 Å². The summed E-state index contributed by atoms with van der Waals surface area (Å²) in [7, 11) is 4.18. The van der Waals surface area contributed by atoms with E-state index in [1.165, 1.54) is 89.9 Å². The zero-order chi connectivity index (χ0) is 33.6. The molecule has 0 aromatic heterocycles. The molecule has 0 heterocycles. The number of hydrogen-bond acceptors (Lipinski definition) is 3. The van der Waals surface area contributed by atoms with Gasteiger partial charge in [0.25, 0.3) is 0 Å². The lowest BCUT2D eigenvalue weighted by Gasteiger charge is -2.20. The van der Waals surface area contributed by atoms with E-state index >= 15 is 0 Å². The van der Waals surface area contributed by atoms with Crippen LogP contribution in [0, 0.1) is 5.41 Å². The second-order valence-electron chi connectivity index (χ2n) is 13.1. The van der Waals surface area contributed by atoms with Crippen LogP contribution >= 0.6 is 0 Å². The van der Waals surface area contributed by atoms with Gasteiger partial charge in [-0.25, -0.2) is 0 Å². The highest BCUT2D eigenvalue weighted by atomic mass is 16.5. The van der Waals surface area contributed by atoms with Gasteiger partial charge >= 0.3 is 0 Å². The van der Waals surface area contributed by atoms with E-state index in [0.29, 0.717) is 5.90 Å². The third kappa shape index (κ3) is 36.3. The highest BCUT2D eigenvalue weighted by molar-refractivity contribution is 5.72. The Morgan fingerprint density at radius 1 is 0.500 bits per heavy atom. The second kappa shape index (κ2) is 37.3. The minimum absolute atomic E-state index is 0.203. The summed E-state index contributed by atoms with van der Waals surface area (Å²) < 4.78 is 6.19. The molecule has 0 spiro atoms. The molecule has 0 aromatic rings. The first kappa shape index (κ1) is 43.9. The molecule has 0 rings (SSSR count). The van der Waals surface area contributed by atoms with Crippen LogP contribution in [-0.2, 0) is 4.74 Å². The predicted octanol–water partition coefficient (Wildman–Crippen LogP) is 13.6. The average molecular weight is 637 g/mol. The van der Waals surface area contributed by atoms with Crippen molar-refractivity contribution in [2.75, 3.05) is 20.6 Å². The lowest BCUT2D eigenvalue weighted by Crippen LogP contribution is -2.20. The van der Waals surface area contributed by atoms with Crippen molar-refractivity contribution in [1.82, 2.24) is 4.90 Å². The summed E-state index contributed by atoms with van der Waals surface area (Å²) in [6.07, 6.45) is 56.1. The first-order valence-electron chi connectivity index (χ1n) is 19.4. The Bertz CT molecular complexity index is 763. The third-order valence-corrected chi connectivity index (χ3v) is 8.15. The van der Waals surface area contributed by atoms with E-state index in [2.05, 4.69) is 106 Å². The van der Waals surface area contributed by atoms with Gasteiger partial charge in [0.1, 0.15) is 6.10 Å². The van der Waals surface area contributed by atoms with E-state index in [4.69, 9.17) is 10.1 Å². The smallest absolute Gasteiger partial charge is 0.180 e. The monoisotopic (exact) mass is 637 g/mol. The summed E-state index contributed by atoms with van der Waals surface area (Å²) in [5.74, 6) is 0.484. The topological polar surface area (TPSA) is 36.3 Å². The molecule has 46 heavy (non-hydrogen) atoms. The fourth-order valence-electron chi connectivity index (χ4n) is 5.28. The molecule has 0 unspecified atom stereocenters. The number of rotatable bonds is 33. The van der Waals surface area contributed by atoms with Crippen molar-refractivity contribution >= 4 is 5.90 Å². The number of nitrogens with zero attached hydrogens (tertiary/aromatic N) is 1. The Morgan fingerprint density at radius 2 is 0.870 bits per heavy atom. The molecule has 3 heteroatoms. The lowest BCUT2D eigenvalue weighted by atomic mass is 10.0. The Labute approximate surface area is 287 Å². The van der Waals surface area contributed by atoms with Gasteiger partial charge in [-0.2, -0.15) is 0 Å². The Hall–Kier alpha value is -2.13. The molecule has 264 valence electrons. The molecule has 1 N–H and O–H groups in total. The van der Waals surface area contributed by atoms with Crippen LogP contribution in [0.4, 0.5) is 0 Å². The highest BCUT2D eigenvalue weighted by Gasteiger charge is 2.12. The zero-order valence-corrected chi connectivity index (χ0v) is 31.0. The van der Waals surface area contributed by atoms with Gasteiger partial charge in [-0.3, -0.25) is 5.41 Å². The van der Waals surface area contributed by atoms with Gasteiger partial charge in [-0.15, -0.1) is 0 Å².